The molecule has 19 heavy (non-hydrogen) atoms. The smallest absolute Gasteiger partial charge is 0.414 e. The Morgan fingerprint density at radius 3 is 2.42 bits per heavy atom. The zero-order valence-electron chi connectivity index (χ0n) is 9.99. The van der Waals surface area contributed by atoms with E-state index < -0.39 is 18.8 Å². The molecular formula is C12H13ClF3NO2. The minimum absolute atomic E-state index is 0.0104. The Morgan fingerprint density at radius 2 is 1.89 bits per heavy atom. The Hall–Kier alpha value is -1.43. The van der Waals surface area contributed by atoms with Crippen LogP contribution in [0.3, 0.4) is 0 Å². The van der Waals surface area contributed by atoms with Crippen LogP contribution < -0.4 is 4.90 Å². The summed E-state index contributed by atoms with van der Waals surface area (Å²) in [6, 6.07) is 7.56. The van der Waals surface area contributed by atoms with Crippen LogP contribution in [-0.4, -0.2) is 31.3 Å². The maximum Gasteiger partial charge on any atom is 0.414 e. The lowest BCUT2D eigenvalue weighted by molar-refractivity contribution is -0.119. The summed E-state index contributed by atoms with van der Waals surface area (Å²) in [7, 11) is 0. The van der Waals surface area contributed by atoms with E-state index in [1.54, 1.807) is 18.2 Å². The molecule has 0 aliphatic heterocycles. The highest BCUT2D eigenvalue weighted by molar-refractivity contribution is 6.17. The Bertz CT molecular complexity index is 398. The van der Waals surface area contributed by atoms with Gasteiger partial charge in [0.05, 0.1) is 6.61 Å². The van der Waals surface area contributed by atoms with Gasteiger partial charge in [-0.1, -0.05) is 18.2 Å². The quantitative estimate of drug-likeness (QED) is 0.610. The van der Waals surface area contributed by atoms with Crippen molar-refractivity contribution in [2.24, 2.45) is 0 Å². The highest BCUT2D eigenvalue weighted by Gasteiger charge is 2.34. The topological polar surface area (TPSA) is 29.5 Å². The summed E-state index contributed by atoms with van der Waals surface area (Å²) in [5.74, 6) is 0.276. The van der Waals surface area contributed by atoms with E-state index in [4.69, 9.17) is 16.3 Å². The maximum absolute atomic E-state index is 12.5. The average Bonchev–Trinajstić information content (AvgIpc) is 2.36. The summed E-state index contributed by atoms with van der Waals surface area (Å²) < 4.78 is 42.2. The molecule has 0 N–H and O–H groups in total. The third-order valence-corrected chi connectivity index (χ3v) is 2.40. The van der Waals surface area contributed by atoms with Crippen molar-refractivity contribution in [3.63, 3.8) is 0 Å². The van der Waals surface area contributed by atoms with Crippen molar-refractivity contribution in [3.8, 4) is 0 Å². The van der Waals surface area contributed by atoms with Crippen LogP contribution in [0, 0.1) is 0 Å². The molecule has 0 unspecified atom stereocenters. The van der Waals surface area contributed by atoms with E-state index in [2.05, 4.69) is 0 Å². The number of hydrogen-bond acceptors (Lipinski definition) is 2. The van der Waals surface area contributed by atoms with Gasteiger partial charge in [-0.3, -0.25) is 4.90 Å². The number of ether oxygens (including phenoxy) is 1. The molecule has 0 heterocycles. The lowest BCUT2D eigenvalue weighted by atomic mass is 10.3. The summed E-state index contributed by atoms with van der Waals surface area (Å²) in [6.07, 6.45) is -5.14. The Morgan fingerprint density at radius 1 is 1.26 bits per heavy atom. The minimum Gasteiger partial charge on any atom is -0.449 e. The number of benzene rings is 1. The van der Waals surface area contributed by atoms with Crippen molar-refractivity contribution in [2.75, 3.05) is 23.9 Å². The molecule has 7 heteroatoms. The molecule has 0 bridgehead atoms. The van der Waals surface area contributed by atoms with Crippen LogP contribution in [0.4, 0.5) is 23.7 Å². The van der Waals surface area contributed by atoms with E-state index in [1.165, 1.54) is 12.1 Å². The fraction of sp³-hybridized carbons (Fsp3) is 0.417. The first-order valence-corrected chi connectivity index (χ1v) is 6.09. The van der Waals surface area contributed by atoms with E-state index in [0.717, 1.165) is 0 Å². The molecule has 0 aliphatic carbocycles. The number of halogens is 4. The fourth-order valence-corrected chi connectivity index (χ4v) is 1.45. The molecule has 1 rings (SSSR count). The van der Waals surface area contributed by atoms with Crippen molar-refractivity contribution in [2.45, 2.75) is 12.6 Å². The highest BCUT2D eigenvalue weighted by Crippen LogP contribution is 2.22. The lowest BCUT2D eigenvalue weighted by Crippen LogP contribution is -2.39. The molecule has 0 spiro atoms. The Kier molecular flexibility index (Phi) is 5.95. The van der Waals surface area contributed by atoms with Crippen LogP contribution in [0.5, 0.6) is 0 Å². The summed E-state index contributed by atoms with van der Waals surface area (Å²) >= 11 is 5.40. The maximum atomic E-state index is 12.5. The summed E-state index contributed by atoms with van der Waals surface area (Å²) in [5, 5.41) is 0. The number of hydrogen-bond donors (Lipinski definition) is 0. The van der Waals surface area contributed by atoms with Crippen LogP contribution in [0.2, 0.25) is 0 Å². The Balaban J connectivity index is 2.78. The van der Waals surface area contributed by atoms with Crippen LogP contribution in [0.15, 0.2) is 30.3 Å². The van der Waals surface area contributed by atoms with Gasteiger partial charge in [-0.25, -0.2) is 4.79 Å². The van der Waals surface area contributed by atoms with E-state index in [0.29, 0.717) is 11.3 Å². The van der Waals surface area contributed by atoms with Crippen molar-refractivity contribution in [1.29, 1.82) is 0 Å². The first-order chi connectivity index (χ1) is 8.94. The molecule has 0 saturated carbocycles. The molecule has 0 aromatic heterocycles. The zero-order valence-corrected chi connectivity index (χ0v) is 10.7. The number of para-hydroxylation sites is 1. The standard InChI is InChI=1S/C12H13ClF3NO2/c13-7-4-8-19-11(18)17(9-12(14,15)16)10-5-2-1-3-6-10/h1-3,5-6H,4,7-9H2. The van der Waals surface area contributed by atoms with Crippen LogP contribution >= 0.6 is 11.6 Å². The molecule has 1 aromatic rings. The highest BCUT2D eigenvalue weighted by atomic mass is 35.5. The molecular weight excluding hydrogens is 283 g/mol. The monoisotopic (exact) mass is 295 g/mol. The van der Waals surface area contributed by atoms with Crippen LogP contribution in [-0.2, 0) is 4.74 Å². The Labute approximate surface area is 113 Å². The van der Waals surface area contributed by atoms with E-state index >= 15 is 0 Å². The molecule has 0 fully saturated rings. The SMILES string of the molecule is O=C(OCCCCl)N(CC(F)(F)F)c1ccccc1. The van der Waals surface area contributed by atoms with E-state index in [1.807, 2.05) is 0 Å². The van der Waals surface area contributed by atoms with Gasteiger partial charge < -0.3 is 4.74 Å². The number of carbonyl (C=O) groups excluding carboxylic acids is 1. The second-order valence-electron chi connectivity index (χ2n) is 3.69. The first kappa shape index (κ1) is 15.6. The average molecular weight is 296 g/mol. The number of alkyl halides is 4. The first-order valence-electron chi connectivity index (χ1n) is 5.56. The second-order valence-corrected chi connectivity index (χ2v) is 4.07. The predicted molar refractivity (Wildman–Crippen MR) is 66.5 cm³/mol. The second kappa shape index (κ2) is 7.23. The normalized spacial score (nSPS) is 11.2. The van der Waals surface area contributed by atoms with Gasteiger partial charge in [0.2, 0.25) is 0 Å². The molecule has 3 nitrogen and oxygen atoms in total. The lowest BCUT2D eigenvalue weighted by Gasteiger charge is -2.23. The largest absolute Gasteiger partial charge is 0.449 e. The third kappa shape index (κ3) is 5.83. The number of amides is 1. The predicted octanol–water partition coefficient (Wildman–Crippen LogP) is 3.82. The van der Waals surface area contributed by atoms with Gasteiger partial charge in [0, 0.05) is 11.6 Å². The summed E-state index contributed by atoms with van der Waals surface area (Å²) in [6.45, 7) is -1.40. The van der Waals surface area contributed by atoms with E-state index in [-0.39, 0.29) is 18.2 Å². The van der Waals surface area contributed by atoms with Gasteiger partial charge in [-0.15, -0.1) is 11.6 Å². The van der Waals surface area contributed by atoms with Gasteiger partial charge in [-0.2, -0.15) is 13.2 Å². The van der Waals surface area contributed by atoms with Gasteiger partial charge in [0.1, 0.15) is 6.54 Å². The number of nitrogens with zero attached hydrogens (tertiary/aromatic N) is 1. The number of rotatable bonds is 5. The van der Waals surface area contributed by atoms with Crippen molar-refractivity contribution in [1.82, 2.24) is 0 Å². The van der Waals surface area contributed by atoms with Crippen molar-refractivity contribution in [3.05, 3.63) is 30.3 Å². The molecule has 106 valence electrons. The van der Waals surface area contributed by atoms with Gasteiger partial charge in [0.25, 0.3) is 0 Å². The molecule has 0 radical (unpaired) electrons. The molecule has 1 amide bonds. The summed E-state index contributed by atoms with van der Waals surface area (Å²) in [4.78, 5) is 12.2. The van der Waals surface area contributed by atoms with Crippen molar-refractivity contribution < 1.29 is 22.7 Å². The number of anilines is 1. The van der Waals surface area contributed by atoms with Crippen molar-refractivity contribution >= 4 is 23.4 Å². The molecule has 0 saturated heterocycles. The molecule has 0 aliphatic rings. The number of carbonyl (C=O) groups is 1. The third-order valence-electron chi connectivity index (χ3n) is 2.13. The van der Waals surface area contributed by atoms with Gasteiger partial charge >= 0.3 is 12.3 Å². The fourth-order valence-electron chi connectivity index (χ4n) is 1.34. The van der Waals surface area contributed by atoms with E-state index in [9.17, 15) is 18.0 Å². The van der Waals surface area contributed by atoms with Gasteiger partial charge in [-0.05, 0) is 18.6 Å². The van der Waals surface area contributed by atoms with Crippen LogP contribution in [0.25, 0.3) is 0 Å². The minimum atomic E-state index is -4.50. The zero-order chi connectivity index (χ0) is 14.3. The van der Waals surface area contributed by atoms with Crippen LogP contribution in [0.1, 0.15) is 6.42 Å². The summed E-state index contributed by atoms with van der Waals surface area (Å²) in [5.41, 5.74) is 0.135. The van der Waals surface area contributed by atoms with Gasteiger partial charge in [0.15, 0.2) is 0 Å². The molecule has 0 atom stereocenters. The molecule has 1 aromatic carbocycles.